The molecule has 2 heterocycles. The SMILES string of the molecule is CCCCc1noc([C@@H](C)N2CCO[C@H](c3ccc(F)cc3)C2)n1. The Morgan fingerprint density at radius 1 is 1.33 bits per heavy atom. The lowest BCUT2D eigenvalue weighted by molar-refractivity contribution is -0.0469. The highest BCUT2D eigenvalue weighted by molar-refractivity contribution is 5.19. The van der Waals surface area contributed by atoms with Gasteiger partial charge in [-0.15, -0.1) is 0 Å². The van der Waals surface area contributed by atoms with E-state index in [4.69, 9.17) is 9.26 Å². The summed E-state index contributed by atoms with van der Waals surface area (Å²) in [6, 6.07) is 6.55. The molecule has 1 aliphatic rings. The van der Waals surface area contributed by atoms with E-state index in [-0.39, 0.29) is 18.0 Å². The number of rotatable bonds is 6. The van der Waals surface area contributed by atoms with Gasteiger partial charge in [-0.3, -0.25) is 4.90 Å². The first-order valence-electron chi connectivity index (χ1n) is 8.61. The molecule has 0 amide bonds. The van der Waals surface area contributed by atoms with Crippen LogP contribution in [0.4, 0.5) is 4.39 Å². The van der Waals surface area contributed by atoms with Crippen LogP contribution in [0, 0.1) is 5.82 Å². The molecule has 5 nitrogen and oxygen atoms in total. The zero-order valence-electron chi connectivity index (χ0n) is 14.2. The molecule has 24 heavy (non-hydrogen) atoms. The van der Waals surface area contributed by atoms with Crippen molar-refractivity contribution in [1.29, 1.82) is 0 Å². The van der Waals surface area contributed by atoms with Gasteiger partial charge in [0.1, 0.15) is 5.82 Å². The van der Waals surface area contributed by atoms with Gasteiger partial charge in [0.2, 0.25) is 5.89 Å². The number of nitrogens with zero attached hydrogens (tertiary/aromatic N) is 3. The Labute approximate surface area is 141 Å². The Bertz CT molecular complexity index is 644. The van der Waals surface area contributed by atoms with Crippen LogP contribution in [0.1, 0.15) is 56.1 Å². The van der Waals surface area contributed by atoms with Crippen LogP contribution >= 0.6 is 0 Å². The van der Waals surface area contributed by atoms with E-state index in [1.54, 1.807) is 12.1 Å². The maximum atomic E-state index is 13.1. The van der Waals surface area contributed by atoms with Gasteiger partial charge in [-0.25, -0.2) is 4.39 Å². The number of halogens is 1. The molecule has 1 aromatic heterocycles. The fourth-order valence-electron chi connectivity index (χ4n) is 2.93. The highest BCUT2D eigenvalue weighted by Crippen LogP contribution is 2.28. The van der Waals surface area contributed by atoms with Crippen LogP contribution in [0.25, 0.3) is 0 Å². The lowest BCUT2D eigenvalue weighted by atomic mass is 10.1. The number of ether oxygens (including phenoxy) is 1. The molecule has 3 rings (SSSR count). The second kappa shape index (κ2) is 7.85. The van der Waals surface area contributed by atoms with Gasteiger partial charge < -0.3 is 9.26 Å². The van der Waals surface area contributed by atoms with Crippen LogP contribution in [-0.2, 0) is 11.2 Å². The molecule has 2 atom stereocenters. The number of unbranched alkanes of at least 4 members (excludes halogenated alkanes) is 1. The van der Waals surface area contributed by atoms with Gasteiger partial charge in [0.15, 0.2) is 5.82 Å². The normalized spacial score (nSPS) is 20.2. The van der Waals surface area contributed by atoms with Gasteiger partial charge in [0, 0.05) is 19.5 Å². The van der Waals surface area contributed by atoms with E-state index in [2.05, 4.69) is 28.9 Å². The lowest BCUT2D eigenvalue weighted by Crippen LogP contribution is -2.40. The molecule has 0 unspecified atom stereocenters. The van der Waals surface area contributed by atoms with Crippen LogP contribution in [0.3, 0.4) is 0 Å². The van der Waals surface area contributed by atoms with Gasteiger partial charge in [-0.05, 0) is 31.0 Å². The van der Waals surface area contributed by atoms with E-state index in [1.807, 2.05) is 0 Å². The van der Waals surface area contributed by atoms with Crippen molar-refractivity contribution in [2.45, 2.75) is 45.3 Å². The second-order valence-corrected chi connectivity index (χ2v) is 6.23. The average Bonchev–Trinajstić information content (AvgIpc) is 3.09. The summed E-state index contributed by atoms with van der Waals surface area (Å²) in [5.41, 5.74) is 0.988. The zero-order valence-corrected chi connectivity index (χ0v) is 14.2. The van der Waals surface area contributed by atoms with E-state index >= 15 is 0 Å². The van der Waals surface area contributed by atoms with Crippen LogP contribution < -0.4 is 0 Å². The molecule has 2 aromatic rings. The largest absolute Gasteiger partial charge is 0.371 e. The quantitative estimate of drug-likeness (QED) is 0.807. The minimum Gasteiger partial charge on any atom is -0.371 e. The molecule has 0 aliphatic carbocycles. The van der Waals surface area contributed by atoms with E-state index < -0.39 is 0 Å². The molecule has 6 heteroatoms. The van der Waals surface area contributed by atoms with Crippen molar-refractivity contribution in [1.82, 2.24) is 15.0 Å². The monoisotopic (exact) mass is 333 g/mol. The van der Waals surface area contributed by atoms with Gasteiger partial charge in [0.25, 0.3) is 0 Å². The predicted octanol–water partition coefficient (Wildman–Crippen LogP) is 3.69. The fraction of sp³-hybridized carbons (Fsp3) is 0.556. The first-order valence-corrected chi connectivity index (χ1v) is 8.61. The number of hydrogen-bond acceptors (Lipinski definition) is 5. The van der Waals surface area contributed by atoms with Crippen LogP contribution in [-0.4, -0.2) is 34.7 Å². The molecular formula is C18H24FN3O2. The molecule has 1 saturated heterocycles. The van der Waals surface area contributed by atoms with Crippen molar-refractivity contribution in [3.05, 3.63) is 47.4 Å². The third-order valence-electron chi connectivity index (χ3n) is 4.48. The smallest absolute Gasteiger partial charge is 0.243 e. The number of hydrogen-bond donors (Lipinski definition) is 0. The highest BCUT2D eigenvalue weighted by Gasteiger charge is 2.28. The molecule has 1 fully saturated rings. The summed E-state index contributed by atoms with van der Waals surface area (Å²) in [4.78, 5) is 6.79. The maximum Gasteiger partial charge on any atom is 0.243 e. The number of benzene rings is 1. The third kappa shape index (κ3) is 3.99. The topological polar surface area (TPSA) is 51.4 Å². The summed E-state index contributed by atoms with van der Waals surface area (Å²) in [5.74, 6) is 1.20. The second-order valence-electron chi connectivity index (χ2n) is 6.23. The average molecular weight is 333 g/mol. The molecule has 130 valence electrons. The summed E-state index contributed by atoms with van der Waals surface area (Å²) in [6.07, 6.45) is 2.97. The summed E-state index contributed by atoms with van der Waals surface area (Å²) in [6.45, 7) is 6.38. The van der Waals surface area contributed by atoms with Crippen molar-refractivity contribution in [3.8, 4) is 0 Å². The minimum atomic E-state index is -0.231. The predicted molar refractivity (Wildman–Crippen MR) is 88.0 cm³/mol. The van der Waals surface area contributed by atoms with Crippen molar-refractivity contribution >= 4 is 0 Å². The van der Waals surface area contributed by atoms with E-state index in [9.17, 15) is 4.39 Å². The van der Waals surface area contributed by atoms with Crippen LogP contribution in [0.2, 0.25) is 0 Å². The Morgan fingerprint density at radius 2 is 2.12 bits per heavy atom. The van der Waals surface area contributed by atoms with Gasteiger partial charge in [-0.1, -0.05) is 30.6 Å². The summed E-state index contributed by atoms with van der Waals surface area (Å²) in [5, 5.41) is 4.07. The van der Waals surface area contributed by atoms with Crippen molar-refractivity contribution in [2.75, 3.05) is 19.7 Å². The standard InChI is InChI=1S/C18H24FN3O2/c1-3-4-5-17-20-18(24-21-17)13(2)22-10-11-23-16(12-22)14-6-8-15(19)9-7-14/h6-9,13,16H,3-5,10-12H2,1-2H3/t13-,16+/m1/s1. The summed E-state index contributed by atoms with van der Waals surface area (Å²) in [7, 11) is 0. The van der Waals surface area contributed by atoms with Crippen molar-refractivity contribution in [2.24, 2.45) is 0 Å². The molecular weight excluding hydrogens is 309 g/mol. The Hall–Kier alpha value is -1.79. The third-order valence-corrected chi connectivity index (χ3v) is 4.48. The Morgan fingerprint density at radius 3 is 2.88 bits per heavy atom. The van der Waals surface area contributed by atoms with Crippen molar-refractivity contribution in [3.63, 3.8) is 0 Å². The zero-order chi connectivity index (χ0) is 16.9. The number of aromatic nitrogens is 2. The van der Waals surface area contributed by atoms with E-state index in [0.717, 1.165) is 43.7 Å². The first kappa shape index (κ1) is 17.0. The lowest BCUT2D eigenvalue weighted by Gasteiger charge is -2.35. The highest BCUT2D eigenvalue weighted by atomic mass is 19.1. The van der Waals surface area contributed by atoms with Crippen LogP contribution in [0.5, 0.6) is 0 Å². The molecule has 1 aliphatic heterocycles. The number of morpholine rings is 1. The van der Waals surface area contributed by atoms with Gasteiger partial charge >= 0.3 is 0 Å². The first-order chi connectivity index (χ1) is 11.7. The van der Waals surface area contributed by atoms with E-state index in [1.165, 1.54) is 12.1 Å². The van der Waals surface area contributed by atoms with Crippen molar-refractivity contribution < 1.29 is 13.7 Å². The molecule has 1 aromatic carbocycles. The number of aryl methyl sites for hydroxylation is 1. The molecule has 0 N–H and O–H groups in total. The van der Waals surface area contributed by atoms with Crippen LogP contribution in [0.15, 0.2) is 28.8 Å². The fourth-order valence-corrected chi connectivity index (χ4v) is 2.93. The summed E-state index contributed by atoms with van der Waals surface area (Å²) >= 11 is 0. The Kier molecular flexibility index (Phi) is 5.58. The summed E-state index contributed by atoms with van der Waals surface area (Å²) < 4.78 is 24.4. The molecule has 0 saturated carbocycles. The maximum absolute atomic E-state index is 13.1. The molecule has 0 bridgehead atoms. The van der Waals surface area contributed by atoms with E-state index in [0.29, 0.717) is 12.5 Å². The molecule has 0 spiro atoms. The molecule has 0 radical (unpaired) electrons. The van der Waals surface area contributed by atoms with Gasteiger partial charge in [-0.2, -0.15) is 4.98 Å². The minimum absolute atomic E-state index is 0.0414. The Balaban J connectivity index is 1.65. The van der Waals surface area contributed by atoms with Gasteiger partial charge in [0.05, 0.1) is 18.8 Å².